The molecule has 0 bridgehead atoms. The van der Waals surface area contributed by atoms with Crippen LogP contribution in [0.15, 0.2) is 66.7 Å². The van der Waals surface area contributed by atoms with E-state index in [1.165, 1.54) is 18.2 Å². The van der Waals surface area contributed by atoms with Crippen LogP contribution < -0.4 is 10.1 Å². The molecule has 0 aliphatic heterocycles. The fourth-order valence-corrected chi connectivity index (χ4v) is 3.88. The summed E-state index contributed by atoms with van der Waals surface area (Å²) in [7, 11) is 0. The van der Waals surface area contributed by atoms with Crippen LogP contribution in [0.5, 0.6) is 11.5 Å². The van der Waals surface area contributed by atoms with Crippen LogP contribution in [0.25, 0.3) is 0 Å². The summed E-state index contributed by atoms with van der Waals surface area (Å²) in [6, 6.07) is 13.5. The number of halogens is 7. The van der Waals surface area contributed by atoms with Crippen LogP contribution in [-0.2, 0) is 6.18 Å². The summed E-state index contributed by atoms with van der Waals surface area (Å²) >= 11 is 0. The summed E-state index contributed by atoms with van der Waals surface area (Å²) in [6.07, 6.45) is -10.5. The Morgan fingerprint density at radius 1 is 0.917 bits per heavy atom. The molecule has 3 nitrogen and oxygen atoms in total. The molecule has 1 saturated carbocycles. The fourth-order valence-electron chi connectivity index (χ4n) is 3.88. The average Bonchev–Trinajstić information content (AvgIpc) is 3.65. The zero-order valence-corrected chi connectivity index (χ0v) is 18.7. The number of hydrogen-bond acceptors (Lipinski definition) is 3. The molecular formula is C26H22F7NO2. The molecule has 1 fully saturated rings. The highest BCUT2D eigenvalue weighted by atomic mass is 19.4. The Morgan fingerprint density at radius 3 is 2.31 bits per heavy atom. The Kier molecular flexibility index (Phi) is 7.28. The van der Waals surface area contributed by atoms with Crippen LogP contribution in [0.1, 0.15) is 47.1 Å². The lowest BCUT2D eigenvalue weighted by Crippen LogP contribution is -2.40. The van der Waals surface area contributed by atoms with Gasteiger partial charge in [-0.1, -0.05) is 30.3 Å². The van der Waals surface area contributed by atoms with E-state index >= 15 is 0 Å². The minimum absolute atomic E-state index is 0.156. The van der Waals surface area contributed by atoms with Crippen molar-refractivity contribution in [1.29, 1.82) is 0 Å². The number of ether oxygens (including phenoxy) is 1. The van der Waals surface area contributed by atoms with E-state index in [1.807, 2.05) is 12.1 Å². The third-order valence-electron chi connectivity index (χ3n) is 5.88. The molecule has 3 aromatic carbocycles. The predicted molar refractivity (Wildman–Crippen MR) is 118 cm³/mol. The number of para-hydroxylation sites is 1. The van der Waals surface area contributed by atoms with Gasteiger partial charge >= 0.3 is 12.4 Å². The molecule has 3 aromatic rings. The van der Waals surface area contributed by atoms with E-state index in [0.717, 1.165) is 18.4 Å². The number of aliphatic hydroxyl groups is 1. The molecular weight excluding hydrogens is 491 g/mol. The first-order valence-electron chi connectivity index (χ1n) is 11.1. The number of aliphatic hydroxyl groups excluding tert-OH is 1. The molecule has 4 rings (SSSR count). The summed E-state index contributed by atoms with van der Waals surface area (Å²) in [5.41, 5.74) is -0.527. The molecule has 192 valence electrons. The monoisotopic (exact) mass is 513 g/mol. The number of hydrogen-bond donors (Lipinski definition) is 2. The van der Waals surface area contributed by atoms with Gasteiger partial charge in [-0.05, 0) is 66.3 Å². The van der Waals surface area contributed by atoms with Crippen molar-refractivity contribution in [1.82, 2.24) is 5.32 Å². The predicted octanol–water partition coefficient (Wildman–Crippen LogP) is 7.12. The van der Waals surface area contributed by atoms with E-state index in [9.17, 15) is 35.8 Å². The standard InChI is InChI=1S/C26H22F7NO2/c27-21-11-10-17(25(28,29)30)13-20(21)24(34-14-23(35)26(31,32)33)16-4-3-5-18(12-16)36-22-7-2-1-6-19(22)15-8-9-15/h1-7,10-13,15,23-24,34-35H,8-9,14H2. The largest absolute Gasteiger partial charge is 0.457 e. The molecule has 1 aliphatic carbocycles. The first kappa shape index (κ1) is 26.0. The number of benzene rings is 3. The average molecular weight is 513 g/mol. The van der Waals surface area contributed by atoms with Crippen LogP contribution in [-0.4, -0.2) is 23.9 Å². The normalized spacial score (nSPS) is 16.0. The van der Waals surface area contributed by atoms with E-state index < -0.39 is 48.0 Å². The quantitative estimate of drug-likeness (QED) is 0.315. The van der Waals surface area contributed by atoms with Crippen LogP contribution >= 0.6 is 0 Å². The van der Waals surface area contributed by atoms with Gasteiger partial charge in [0.05, 0.1) is 11.6 Å². The molecule has 1 aliphatic rings. The topological polar surface area (TPSA) is 41.5 Å². The lowest BCUT2D eigenvalue weighted by molar-refractivity contribution is -0.202. The molecule has 0 saturated heterocycles. The second-order valence-corrected chi connectivity index (χ2v) is 8.62. The van der Waals surface area contributed by atoms with Crippen molar-refractivity contribution in [2.24, 2.45) is 0 Å². The van der Waals surface area contributed by atoms with Gasteiger partial charge in [-0.3, -0.25) is 0 Å². The van der Waals surface area contributed by atoms with Crippen molar-refractivity contribution < 1.29 is 40.6 Å². The molecule has 0 spiro atoms. The Morgan fingerprint density at radius 2 is 1.64 bits per heavy atom. The number of nitrogens with one attached hydrogen (secondary N) is 1. The van der Waals surface area contributed by atoms with E-state index in [2.05, 4.69) is 5.32 Å². The van der Waals surface area contributed by atoms with Crippen LogP contribution in [0, 0.1) is 5.82 Å². The number of rotatable bonds is 8. The first-order chi connectivity index (χ1) is 16.9. The summed E-state index contributed by atoms with van der Waals surface area (Å²) in [4.78, 5) is 0. The molecule has 0 amide bonds. The Labute approximate surface area is 202 Å². The first-order valence-corrected chi connectivity index (χ1v) is 11.1. The maximum atomic E-state index is 14.7. The SMILES string of the molecule is OC(CNC(c1cccc(Oc2ccccc2C2CC2)c1)c1cc(C(F)(F)F)ccc1F)C(F)(F)F. The van der Waals surface area contributed by atoms with Crippen molar-refractivity contribution in [2.75, 3.05) is 6.54 Å². The lowest BCUT2D eigenvalue weighted by atomic mass is 9.95. The minimum Gasteiger partial charge on any atom is -0.457 e. The van der Waals surface area contributed by atoms with Crippen LogP contribution in [0.3, 0.4) is 0 Å². The lowest BCUT2D eigenvalue weighted by Gasteiger charge is -2.24. The van der Waals surface area contributed by atoms with Gasteiger partial charge in [-0.2, -0.15) is 26.3 Å². The van der Waals surface area contributed by atoms with Crippen molar-refractivity contribution >= 4 is 0 Å². The van der Waals surface area contributed by atoms with Gasteiger partial charge in [0.1, 0.15) is 17.3 Å². The maximum Gasteiger partial charge on any atom is 0.416 e. The summed E-state index contributed by atoms with van der Waals surface area (Å²) < 4.78 is 99.3. The molecule has 0 radical (unpaired) electrons. The van der Waals surface area contributed by atoms with Crippen LogP contribution in [0.2, 0.25) is 0 Å². The van der Waals surface area contributed by atoms with Crippen LogP contribution in [0.4, 0.5) is 30.7 Å². The highest BCUT2D eigenvalue weighted by Gasteiger charge is 2.39. The van der Waals surface area contributed by atoms with Gasteiger partial charge in [-0.25, -0.2) is 4.39 Å². The molecule has 10 heteroatoms. The van der Waals surface area contributed by atoms with Gasteiger partial charge in [0.2, 0.25) is 0 Å². The third-order valence-corrected chi connectivity index (χ3v) is 5.88. The Bertz CT molecular complexity index is 1210. The van der Waals surface area contributed by atoms with Crippen molar-refractivity contribution in [2.45, 2.75) is 43.3 Å². The molecule has 0 heterocycles. The molecule has 2 N–H and O–H groups in total. The highest BCUT2D eigenvalue weighted by molar-refractivity contribution is 5.44. The van der Waals surface area contributed by atoms with E-state index in [0.29, 0.717) is 29.9 Å². The molecule has 2 atom stereocenters. The molecule has 36 heavy (non-hydrogen) atoms. The maximum absolute atomic E-state index is 14.7. The van der Waals surface area contributed by atoms with E-state index in [4.69, 9.17) is 4.74 Å². The zero-order chi connectivity index (χ0) is 26.1. The van der Waals surface area contributed by atoms with Gasteiger partial charge in [0.25, 0.3) is 0 Å². The summed E-state index contributed by atoms with van der Waals surface area (Å²) in [6.45, 7) is -1.07. The second kappa shape index (κ2) is 10.1. The Balaban J connectivity index is 1.70. The minimum atomic E-state index is -4.97. The van der Waals surface area contributed by atoms with E-state index in [-0.39, 0.29) is 11.3 Å². The van der Waals surface area contributed by atoms with Crippen molar-refractivity contribution in [3.8, 4) is 11.5 Å². The fraction of sp³-hybridized carbons (Fsp3) is 0.308. The van der Waals surface area contributed by atoms with Gasteiger partial charge in [-0.15, -0.1) is 0 Å². The smallest absolute Gasteiger partial charge is 0.416 e. The highest BCUT2D eigenvalue weighted by Crippen LogP contribution is 2.45. The summed E-state index contributed by atoms with van der Waals surface area (Å²) in [5, 5.41) is 11.8. The molecule has 2 unspecified atom stereocenters. The van der Waals surface area contributed by atoms with Gasteiger partial charge in [0.15, 0.2) is 6.10 Å². The number of alkyl halides is 6. The second-order valence-electron chi connectivity index (χ2n) is 8.62. The van der Waals surface area contributed by atoms with Crippen molar-refractivity contribution in [3.63, 3.8) is 0 Å². The van der Waals surface area contributed by atoms with Gasteiger partial charge < -0.3 is 15.2 Å². The van der Waals surface area contributed by atoms with E-state index in [1.54, 1.807) is 18.2 Å². The zero-order valence-electron chi connectivity index (χ0n) is 18.7. The van der Waals surface area contributed by atoms with Crippen molar-refractivity contribution in [3.05, 3.63) is 94.8 Å². The molecule has 0 aromatic heterocycles. The Hall–Kier alpha value is -3.11. The third kappa shape index (κ3) is 6.17. The van der Waals surface area contributed by atoms with Gasteiger partial charge in [0, 0.05) is 12.1 Å². The summed E-state index contributed by atoms with van der Waals surface area (Å²) in [5.74, 6) is 0.171.